The molecule has 0 aliphatic rings. The number of halogens is 2. The molecule has 0 atom stereocenters. The van der Waals surface area contributed by atoms with Gasteiger partial charge in [-0.15, -0.1) is 23.7 Å². The Hall–Kier alpha value is -1.84. The molecular formula is C18H19Cl2N3O3S2. The minimum absolute atomic E-state index is 0. The Morgan fingerprint density at radius 3 is 2.39 bits per heavy atom. The summed E-state index contributed by atoms with van der Waals surface area (Å²) in [6.45, 7) is 0. The van der Waals surface area contributed by atoms with E-state index in [9.17, 15) is 13.5 Å². The van der Waals surface area contributed by atoms with E-state index in [4.69, 9.17) is 11.6 Å². The number of thiazole rings is 1. The molecule has 0 unspecified atom stereocenters. The van der Waals surface area contributed by atoms with Crippen LogP contribution in [-0.2, 0) is 17.1 Å². The van der Waals surface area contributed by atoms with Gasteiger partial charge in [-0.05, 0) is 36.4 Å². The molecule has 0 saturated carbocycles. The molecule has 1 aromatic heterocycles. The van der Waals surface area contributed by atoms with Crippen LogP contribution in [0.2, 0.25) is 5.02 Å². The van der Waals surface area contributed by atoms with Gasteiger partial charge in [0.15, 0.2) is 4.80 Å². The smallest absolute Gasteiger partial charge is 0.244 e. The van der Waals surface area contributed by atoms with E-state index in [1.165, 1.54) is 25.4 Å². The molecule has 0 aliphatic carbocycles. The Labute approximate surface area is 178 Å². The minimum Gasteiger partial charge on any atom is -0.508 e. The Kier molecular flexibility index (Phi) is 6.95. The number of hydrogen-bond acceptors (Lipinski definition) is 5. The average Bonchev–Trinajstić information content (AvgIpc) is 2.98. The molecule has 0 aliphatic heterocycles. The third kappa shape index (κ3) is 4.42. The van der Waals surface area contributed by atoms with Crippen molar-refractivity contribution in [3.05, 3.63) is 57.7 Å². The van der Waals surface area contributed by atoms with Crippen LogP contribution >= 0.6 is 35.3 Å². The molecule has 28 heavy (non-hydrogen) atoms. The van der Waals surface area contributed by atoms with Gasteiger partial charge in [0.2, 0.25) is 10.0 Å². The van der Waals surface area contributed by atoms with Gasteiger partial charge in [0.05, 0.1) is 16.4 Å². The molecule has 0 bridgehead atoms. The molecule has 3 rings (SSSR count). The van der Waals surface area contributed by atoms with E-state index in [1.54, 1.807) is 42.5 Å². The first-order valence-electron chi connectivity index (χ1n) is 7.91. The maximum Gasteiger partial charge on any atom is 0.244 e. The van der Waals surface area contributed by atoms with Crippen molar-refractivity contribution < 1.29 is 13.5 Å². The van der Waals surface area contributed by atoms with Crippen LogP contribution in [0.25, 0.3) is 11.3 Å². The number of phenols is 1. The number of nitrogens with zero attached hydrogens (tertiary/aromatic N) is 3. The standard InChI is InChI=1S/C18H18ClN3O3S2.ClH/c1-21(2)27(24,25)17-10-12(4-9-15(17)19)16-11-26-18(22(16)3)20-13-5-7-14(23)8-6-13;/h4-11,23H,1-3H3;1H. The van der Waals surface area contributed by atoms with Gasteiger partial charge < -0.3 is 9.67 Å². The summed E-state index contributed by atoms with van der Waals surface area (Å²) in [5, 5.41) is 11.5. The molecule has 10 heteroatoms. The third-order valence-corrected chi connectivity index (χ3v) is 7.20. The van der Waals surface area contributed by atoms with Crippen molar-refractivity contribution >= 4 is 51.1 Å². The summed E-state index contributed by atoms with van der Waals surface area (Å²) < 4.78 is 28.0. The molecule has 0 spiro atoms. The lowest BCUT2D eigenvalue weighted by atomic mass is 10.2. The van der Waals surface area contributed by atoms with Crippen LogP contribution in [0.4, 0.5) is 5.69 Å². The van der Waals surface area contributed by atoms with Gasteiger partial charge in [0.25, 0.3) is 0 Å². The highest BCUT2D eigenvalue weighted by molar-refractivity contribution is 7.89. The number of benzene rings is 2. The Morgan fingerprint density at radius 2 is 1.79 bits per heavy atom. The van der Waals surface area contributed by atoms with Gasteiger partial charge in [0.1, 0.15) is 10.6 Å². The quantitative estimate of drug-likeness (QED) is 0.639. The van der Waals surface area contributed by atoms with Crippen LogP contribution in [-0.4, -0.2) is 36.5 Å². The fourth-order valence-electron chi connectivity index (χ4n) is 2.43. The molecule has 6 nitrogen and oxygen atoms in total. The summed E-state index contributed by atoms with van der Waals surface area (Å²) in [5.41, 5.74) is 2.26. The topological polar surface area (TPSA) is 74.9 Å². The predicted octanol–water partition coefficient (Wildman–Crippen LogP) is 4.02. The summed E-state index contributed by atoms with van der Waals surface area (Å²) in [6.07, 6.45) is 0. The molecule has 3 aromatic rings. The van der Waals surface area contributed by atoms with Crippen molar-refractivity contribution in [1.82, 2.24) is 8.87 Å². The van der Waals surface area contributed by atoms with Gasteiger partial charge in [-0.2, -0.15) is 0 Å². The number of rotatable bonds is 4. The van der Waals surface area contributed by atoms with Crippen molar-refractivity contribution in [3.63, 3.8) is 0 Å². The van der Waals surface area contributed by atoms with E-state index in [0.717, 1.165) is 20.4 Å². The van der Waals surface area contributed by atoms with Crippen LogP contribution in [0.1, 0.15) is 0 Å². The van der Waals surface area contributed by atoms with Crippen molar-refractivity contribution in [2.75, 3.05) is 14.1 Å². The van der Waals surface area contributed by atoms with E-state index in [-0.39, 0.29) is 28.1 Å². The molecule has 150 valence electrons. The van der Waals surface area contributed by atoms with Gasteiger partial charge in [-0.25, -0.2) is 17.7 Å². The van der Waals surface area contributed by atoms with E-state index in [2.05, 4.69) is 4.99 Å². The lowest BCUT2D eigenvalue weighted by Gasteiger charge is -2.14. The highest BCUT2D eigenvalue weighted by atomic mass is 35.5. The Morgan fingerprint density at radius 1 is 1.14 bits per heavy atom. The summed E-state index contributed by atoms with van der Waals surface area (Å²) in [5.74, 6) is 0.181. The molecule has 0 radical (unpaired) electrons. The highest BCUT2D eigenvalue weighted by Crippen LogP contribution is 2.29. The number of aromatic hydroxyl groups is 1. The zero-order chi connectivity index (χ0) is 19.8. The lowest BCUT2D eigenvalue weighted by molar-refractivity contribution is 0.475. The highest BCUT2D eigenvalue weighted by Gasteiger charge is 2.22. The van der Waals surface area contributed by atoms with Crippen molar-refractivity contribution in [2.24, 2.45) is 12.0 Å². The zero-order valence-electron chi connectivity index (χ0n) is 15.3. The summed E-state index contributed by atoms with van der Waals surface area (Å²) in [4.78, 5) is 5.37. The SMILES string of the molecule is CN(C)S(=O)(=O)c1cc(-c2csc(=Nc3ccc(O)cc3)n2C)ccc1Cl.Cl. The van der Waals surface area contributed by atoms with E-state index in [0.29, 0.717) is 5.69 Å². The summed E-state index contributed by atoms with van der Waals surface area (Å²) in [6, 6.07) is 11.5. The summed E-state index contributed by atoms with van der Waals surface area (Å²) in [7, 11) is 1.15. The molecule has 0 amide bonds. The number of phenolic OH excluding ortho intramolecular Hbond substituents is 1. The van der Waals surface area contributed by atoms with Crippen LogP contribution in [0.3, 0.4) is 0 Å². The first kappa shape index (κ1) is 22.4. The van der Waals surface area contributed by atoms with Crippen LogP contribution < -0.4 is 4.80 Å². The second kappa shape index (κ2) is 8.67. The Bertz CT molecular complexity index is 1150. The predicted molar refractivity (Wildman–Crippen MR) is 115 cm³/mol. The van der Waals surface area contributed by atoms with E-state index in [1.807, 2.05) is 17.0 Å². The second-order valence-electron chi connectivity index (χ2n) is 6.02. The normalized spacial score (nSPS) is 12.2. The van der Waals surface area contributed by atoms with E-state index >= 15 is 0 Å². The first-order chi connectivity index (χ1) is 12.7. The zero-order valence-corrected chi connectivity index (χ0v) is 18.5. The molecular weight excluding hydrogens is 441 g/mol. The van der Waals surface area contributed by atoms with E-state index < -0.39 is 10.0 Å². The molecule has 1 N–H and O–H groups in total. The fourth-order valence-corrected chi connectivity index (χ4v) is 4.75. The average molecular weight is 460 g/mol. The molecule has 2 aromatic carbocycles. The number of sulfonamides is 1. The Balaban J connectivity index is 0.00000280. The van der Waals surface area contributed by atoms with Crippen LogP contribution in [0.15, 0.2) is 57.7 Å². The monoisotopic (exact) mass is 459 g/mol. The van der Waals surface area contributed by atoms with Crippen molar-refractivity contribution in [1.29, 1.82) is 0 Å². The van der Waals surface area contributed by atoms with Crippen molar-refractivity contribution in [2.45, 2.75) is 4.90 Å². The summed E-state index contributed by atoms with van der Waals surface area (Å²) >= 11 is 7.56. The van der Waals surface area contributed by atoms with Gasteiger partial charge in [-0.3, -0.25) is 0 Å². The third-order valence-electron chi connectivity index (χ3n) is 3.98. The second-order valence-corrected chi connectivity index (χ2v) is 9.39. The van der Waals surface area contributed by atoms with Crippen LogP contribution in [0.5, 0.6) is 5.75 Å². The van der Waals surface area contributed by atoms with Gasteiger partial charge >= 0.3 is 0 Å². The largest absolute Gasteiger partial charge is 0.508 e. The first-order valence-corrected chi connectivity index (χ1v) is 10.6. The molecule has 0 saturated heterocycles. The van der Waals surface area contributed by atoms with Crippen LogP contribution in [0, 0.1) is 0 Å². The number of aromatic nitrogens is 1. The fraction of sp³-hybridized carbons (Fsp3) is 0.167. The van der Waals surface area contributed by atoms with Crippen molar-refractivity contribution in [3.8, 4) is 17.0 Å². The van der Waals surface area contributed by atoms with Gasteiger partial charge in [0, 0.05) is 32.1 Å². The maximum absolute atomic E-state index is 12.5. The minimum atomic E-state index is -3.65. The lowest BCUT2D eigenvalue weighted by Crippen LogP contribution is -2.22. The van der Waals surface area contributed by atoms with Gasteiger partial charge in [-0.1, -0.05) is 17.7 Å². The molecule has 0 fully saturated rings. The molecule has 1 heterocycles. The maximum atomic E-state index is 12.5. The number of hydrogen-bond donors (Lipinski definition) is 1.